The minimum atomic E-state index is -1.07. The maximum absolute atomic E-state index is 11.9. The Bertz CT molecular complexity index is 402. The second-order valence-electron chi connectivity index (χ2n) is 5.95. The summed E-state index contributed by atoms with van der Waals surface area (Å²) in [4.78, 5) is 34.7. The van der Waals surface area contributed by atoms with Crippen molar-refractivity contribution in [2.75, 3.05) is 13.2 Å². The molecule has 0 radical (unpaired) electrons. The van der Waals surface area contributed by atoms with Gasteiger partial charge < -0.3 is 20.5 Å². The summed E-state index contributed by atoms with van der Waals surface area (Å²) in [5.74, 6) is -1.79. The summed E-state index contributed by atoms with van der Waals surface area (Å²) in [5.41, 5.74) is -0.885. The van der Waals surface area contributed by atoms with Crippen LogP contribution >= 0.6 is 0 Å². The van der Waals surface area contributed by atoms with Crippen LogP contribution < -0.4 is 10.6 Å². The molecule has 7 heteroatoms. The molecule has 2 amide bonds. The van der Waals surface area contributed by atoms with E-state index < -0.39 is 23.5 Å². The average Bonchev–Trinajstić information content (AvgIpc) is 2.82. The highest BCUT2D eigenvalue weighted by Gasteiger charge is 2.37. The topological polar surface area (TPSA) is 105 Å². The van der Waals surface area contributed by atoms with Gasteiger partial charge in [0.15, 0.2) is 0 Å². The van der Waals surface area contributed by atoms with E-state index in [0.29, 0.717) is 19.4 Å². The Morgan fingerprint density at radius 1 is 1.33 bits per heavy atom. The molecular weight excluding hydrogens is 276 g/mol. The van der Waals surface area contributed by atoms with Crippen molar-refractivity contribution in [3.8, 4) is 0 Å². The third-order valence-electron chi connectivity index (χ3n) is 3.45. The van der Waals surface area contributed by atoms with Crippen LogP contribution in [-0.2, 0) is 19.1 Å². The zero-order valence-electron chi connectivity index (χ0n) is 12.8. The van der Waals surface area contributed by atoms with Crippen LogP contribution in [0, 0.1) is 5.92 Å². The third-order valence-corrected chi connectivity index (χ3v) is 3.45. The second kappa shape index (κ2) is 7.40. The van der Waals surface area contributed by atoms with Gasteiger partial charge in [-0.3, -0.25) is 9.59 Å². The lowest BCUT2D eigenvalue weighted by Gasteiger charge is -2.22. The third kappa shape index (κ3) is 5.34. The molecule has 2 atom stereocenters. The molecule has 1 rings (SSSR count). The average molecular weight is 300 g/mol. The molecule has 0 aromatic heterocycles. The number of amides is 2. The number of nitrogens with one attached hydrogen (secondary N) is 2. The van der Waals surface area contributed by atoms with Crippen LogP contribution in [0.2, 0.25) is 0 Å². The number of carboxylic acid groups (broad SMARTS) is 1. The highest BCUT2D eigenvalue weighted by atomic mass is 16.5. The molecule has 0 aromatic carbocycles. The standard InChI is InChI=1S/C14H24N2O5/c1-9(2)7-10(12(18)19)16-11(17)8-15-13(20)14(3)5-4-6-21-14/h9-10H,4-8H2,1-3H3,(H,15,20)(H,16,17)(H,18,19)/t10-,14?/m0/s1. The molecule has 1 heterocycles. The van der Waals surface area contributed by atoms with E-state index in [1.807, 2.05) is 13.8 Å². The molecule has 21 heavy (non-hydrogen) atoms. The first-order chi connectivity index (χ1) is 9.74. The Balaban J connectivity index is 2.42. The number of rotatable bonds is 7. The van der Waals surface area contributed by atoms with Gasteiger partial charge >= 0.3 is 5.97 Å². The SMILES string of the molecule is CC(C)C[C@H](NC(=O)CNC(=O)C1(C)CCCO1)C(=O)O. The van der Waals surface area contributed by atoms with Crippen molar-refractivity contribution in [3.63, 3.8) is 0 Å². The maximum Gasteiger partial charge on any atom is 0.326 e. The Kier molecular flexibility index (Phi) is 6.14. The molecule has 1 aliphatic rings. The van der Waals surface area contributed by atoms with E-state index in [2.05, 4.69) is 10.6 Å². The van der Waals surface area contributed by atoms with Gasteiger partial charge in [-0.2, -0.15) is 0 Å². The fourth-order valence-corrected chi connectivity index (χ4v) is 2.24. The van der Waals surface area contributed by atoms with Gasteiger partial charge in [0.1, 0.15) is 11.6 Å². The lowest BCUT2D eigenvalue weighted by molar-refractivity contribution is -0.143. The number of hydrogen-bond donors (Lipinski definition) is 3. The summed E-state index contributed by atoms with van der Waals surface area (Å²) < 4.78 is 5.37. The normalized spacial score (nSPS) is 22.9. The molecule has 7 nitrogen and oxygen atoms in total. The summed E-state index contributed by atoms with van der Waals surface area (Å²) in [7, 11) is 0. The highest BCUT2D eigenvalue weighted by Crippen LogP contribution is 2.24. The highest BCUT2D eigenvalue weighted by molar-refractivity contribution is 5.90. The molecule has 0 bridgehead atoms. The number of carbonyl (C=O) groups is 3. The van der Waals surface area contributed by atoms with Gasteiger partial charge in [-0.1, -0.05) is 13.8 Å². The number of aliphatic carboxylic acids is 1. The number of hydrogen-bond acceptors (Lipinski definition) is 4. The fourth-order valence-electron chi connectivity index (χ4n) is 2.24. The van der Waals surface area contributed by atoms with Gasteiger partial charge in [-0.25, -0.2) is 4.79 Å². The molecule has 1 unspecified atom stereocenters. The molecule has 1 saturated heterocycles. The zero-order valence-corrected chi connectivity index (χ0v) is 12.8. The molecule has 3 N–H and O–H groups in total. The van der Waals surface area contributed by atoms with Crippen LogP contribution in [-0.4, -0.2) is 47.7 Å². The molecule has 120 valence electrons. The Hall–Kier alpha value is -1.63. The van der Waals surface area contributed by atoms with Crippen molar-refractivity contribution in [3.05, 3.63) is 0 Å². The quantitative estimate of drug-likeness (QED) is 0.626. The molecule has 0 aromatic rings. The van der Waals surface area contributed by atoms with Crippen molar-refractivity contribution in [2.45, 2.75) is 51.7 Å². The smallest absolute Gasteiger partial charge is 0.326 e. The summed E-state index contributed by atoms with van der Waals surface area (Å²) in [6.07, 6.45) is 1.77. The van der Waals surface area contributed by atoms with Crippen LogP contribution in [0.5, 0.6) is 0 Å². The van der Waals surface area contributed by atoms with E-state index in [-0.39, 0.29) is 18.4 Å². The van der Waals surface area contributed by atoms with E-state index in [0.717, 1.165) is 6.42 Å². The van der Waals surface area contributed by atoms with Crippen molar-refractivity contribution >= 4 is 17.8 Å². The van der Waals surface area contributed by atoms with Crippen LogP contribution in [0.4, 0.5) is 0 Å². The molecular formula is C14H24N2O5. The minimum absolute atomic E-state index is 0.145. The predicted molar refractivity (Wildman–Crippen MR) is 75.6 cm³/mol. The lowest BCUT2D eigenvalue weighted by atomic mass is 10.0. The van der Waals surface area contributed by atoms with E-state index in [9.17, 15) is 14.4 Å². The fraction of sp³-hybridized carbons (Fsp3) is 0.786. The predicted octanol–water partition coefficient (Wildman–Crippen LogP) is 0.287. The Morgan fingerprint density at radius 2 is 2.00 bits per heavy atom. The summed E-state index contributed by atoms with van der Waals surface area (Å²) in [6.45, 7) is 5.72. The van der Waals surface area contributed by atoms with Gasteiger partial charge in [0.2, 0.25) is 5.91 Å². The second-order valence-corrected chi connectivity index (χ2v) is 5.95. The number of carbonyl (C=O) groups excluding carboxylic acids is 2. The van der Waals surface area contributed by atoms with Gasteiger partial charge in [0.25, 0.3) is 5.91 Å². The Morgan fingerprint density at radius 3 is 2.48 bits per heavy atom. The van der Waals surface area contributed by atoms with Crippen LogP contribution in [0.15, 0.2) is 0 Å². The first-order valence-electron chi connectivity index (χ1n) is 7.19. The van der Waals surface area contributed by atoms with E-state index in [1.54, 1.807) is 6.92 Å². The van der Waals surface area contributed by atoms with Crippen LogP contribution in [0.25, 0.3) is 0 Å². The van der Waals surface area contributed by atoms with Gasteiger partial charge in [0, 0.05) is 6.61 Å². The van der Waals surface area contributed by atoms with Crippen LogP contribution in [0.3, 0.4) is 0 Å². The van der Waals surface area contributed by atoms with E-state index in [1.165, 1.54) is 0 Å². The first-order valence-corrected chi connectivity index (χ1v) is 7.19. The first kappa shape index (κ1) is 17.4. The van der Waals surface area contributed by atoms with Crippen LogP contribution in [0.1, 0.15) is 40.0 Å². The monoisotopic (exact) mass is 300 g/mol. The minimum Gasteiger partial charge on any atom is -0.480 e. The maximum atomic E-state index is 11.9. The van der Waals surface area contributed by atoms with Crippen molar-refractivity contribution in [2.24, 2.45) is 5.92 Å². The Labute approximate surface area is 124 Å². The zero-order chi connectivity index (χ0) is 16.0. The summed E-state index contributed by atoms with van der Waals surface area (Å²) in [5, 5.41) is 13.9. The molecule has 0 spiro atoms. The lowest BCUT2D eigenvalue weighted by Crippen LogP contribution is -2.50. The van der Waals surface area contributed by atoms with Crippen molar-refractivity contribution in [1.82, 2.24) is 10.6 Å². The van der Waals surface area contributed by atoms with Crippen molar-refractivity contribution in [1.29, 1.82) is 0 Å². The molecule has 0 aliphatic carbocycles. The largest absolute Gasteiger partial charge is 0.480 e. The number of carboxylic acids is 1. The molecule has 1 aliphatic heterocycles. The van der Waals surface area contributed by atoms with Gasteiger partial charge in [-0.15, -0.1) is 0 Å². The van der Waals surface area contributed by atoms with Gasteiger partial charge in [-0.05, 0) is 32.1 Å². The van der Waals surface area contributed by atoms with Crippen molar-refractivity contribution < 1.29 is 24.2 Å². The molecule has 1 fully saturated rings. The molecule has 0 saturated carbocycles. The summed E-state index contributed by atoms with van der Waals surface area (Å²) in [6, 6.07) is -0.937. The van der Waals surface area contributed by atoms with E-state index in [4.69, 9.17) is 9.84 Å². The summed E-state index contributed by atoms with van der Waals surface area (Å²) >= 11 is 0. The van der Waals surface area contributed by atoms with Gasteiger partial charge in [0.05, 0.1) is 6.54 Å². The number of ether oxygens (including phenoxy) is 1. The van der Waals surface area contributed by atoms with E-state index >= 15 is 0 Å².